The number of carbonyl (C=O) groups is 1. The number of hydrogen-bond acceptors (Lipinski definition) is 3. The quantitative estimate of drug-likeness (QED) is 0.506. The Balaban J connectivity index is 1.23. The molecule has 1 saturated heterocycles. The van der Waals surface area contributed by atoms with Gasteiger partial charge >= 0.3 is 0 Å². The van der Waals surface area contributed by atoms with E-state index in [-0.39, 0.29) is 5.91 Å². The van der Waals surface area contributed by atoms with Gasteiger partial charge in [-0.3, -0.25) is 9.69 Å². The predicted octanol–water partition coefficient (Wildman–Crippen LogP) is 5.12. The Morgan fingerprint density at radius 1 is 0.939 bits per heavy atom. The number of rotatable bonds is 8. The third-order valence-electron chi connectivity index (χ3n) is 6.43. The Hall–Kier alpha value is -2.66. The lowest BCUT2D eigenvalue weighted by Crippen LogP contribution is -2.31. The zero-order valence-corrected chi connectivity index (χ0v) is 20.2. The van der Waals surface area contributed by atoms with Gasteiger partial charge in [-0.05, 0) is 73.5 Å². The predicted molar refractivity (Wildman–Crippen MR) is 137 cm³/mol. The Kier molecular flexibility index (Phi) is 7.81. The van der Waals surface area contributed by atoms with Crippen molar-refractivity contribution < 1.29 is 4.79 Å². The minimum atomic E-state index is -0.0428. The average Bonchev–Trinajstić information content (AvgIpc) is 3.30. The van der Waals surface area contributed by atoms with Crippen LogP contribution in [0.25, 0.3) is 11.1 Å². The first-order valence-electron chi connectivity index (χ1n) is 11.6. The second kappa shape index (κ2) is 11.0. The fraction of sp³-hybridized carbons (Fsp3) is 0.321. The third kappa shape index (κ3) is 6.44. The van der Waals surface area contributed by atoms with Gasteiger partial charge in [0.25, 0.3) is 5.91 Å². The molecule has 0 radical (unpaired) electrons. The number of likely N-dealkylation sites (tertiary alicyclic amines) is 1. The van der Waals surface area contributed by atoms with Crippen LogP contribution in [0.3, 0.4) is 0 Å². The normalized spacial score (nSPS) is 16.3. The summed E-state index contributed by atoms with van der Waals surface area (Å²) in [5, 5.41) is 3.75. The molecule has 0 bridgehead atoms. The summed E-state index contributed by atoms with van der Waals surface area (Å²) in [5.41, 5.74) is 5.41. The van der Waals surface area contributed by atoms with E-state index in [9.17, 15) is 4.79 Å². The molecule has 1 N–H and O–H groups in total. The number of amides is 1. The Morgan fingerprint density at radius 3 is 2.15 bits per heavy atom. The summed E-state index contributed by atoms with van der Waals surface area (Å²) < 4.78 is 0. The number of nitrogens with zero attached hydrogens (tertiary/aromatic N) is 2. The monoisotopic (exact) mass is 461 g/mol. The van der Waals surface area contributed by atoms with Crippen molar-refractivity contribution in [2.75, 3.05) is 33.7 Å². The van der Waals surface area contributed by atoms with E-state index in [1.807, 2.05) is 48.5 Å². The van der Waals surface area contributed by atoms with Gasteiger partial charge in [0.2, 0.25) is 0 Å². The molecule has 1 atom stereocenters. The molecule has 0 saturated carbocycles. The Bertz CT molecular complexity index is 1050. The molecule has 1 aliphatic heterocycles. The molecule has 0 aromatic heterocycles. The van der Waals surface area contributed by atoms with E-state index in [2.05, 4.69) is 53.5 Å². The van der Waals surface area contributed by atoms with E-state index in [1.165, 1.54) is 17.5 Å². The minimum Gasteiger partial charge on any atom is -0.352 e. The van der Waals surface area contributed by atoms with Crippen molar-refractivity contribution in [3.05, 3.63) is 94.5 Å². The van der Waals surface area contributed by atoms with Crippen molar-refractivity contribution in [2.24, 2.45) is 0 Å². The second-order valence-corrected chi connectivity index (χ2v) is 9.48. The van der Waals surface area contributed by atoms with Crippen LogP contribution in [0.15, 0.2) is 72.8 Å². The molecule has 172 valence electrons. The SMILES string of the molecule is CN(C)C1CCN(Cc2ccc(CCNC(=O)c3ccc(-c4ccc(Cl)cc4)cc3)cc2)C1. The van der Waals surface area contributed by atoms with E-state index in [0.29, 0.717) is 23.2 Å². The van der Waals surface area contributed by atoms with E-state index in [1.54, 1.807) is 0 Å². The molecule has 1 aliphatic rings. The van der Waals surface area contributed by atoms with Crippen LogP contribution in [0.5, 0.6) is 0 Å². The van der Waals surface area contributed by atoms with Gasteiger partial charge in [0.15, 0.2) is 0 Å². The molecule has 33 heavy (non-hydrogen) atoms. The molecule has 3 aromatic rings. The lowest BCUT2D eigenvalue weighted by atomic mass is 10.0. The van der Waals surface area contributed by atoms with Gasteiger partial charge in [0, 0.05) is 42.8 Å². The zero-order chi connectivity index (χ0) is 23.2. The Morgan fingerprint density at radius 2 is 1.55 bits per heavy atom. The topological polar surface area (TPSA) is 35.6 Å². The molecular weight excluding hydrogens is 430 g/mol. The van der Waals surface area contributed by atoms with E-state index >= 15 is 0 Å². The molecule has 5 heteroatoms. The second-order valence-electron chi connectivity index (χ2n) is 9.05. The summed E-state index contributed by atoms with van der Waals surface area (Å²) in [4.78, 5) is 17.4. The zero-order valence-electron chi connectivity index (χ0n) is 19.4. The van der Waals surface area contributed by atoms with Gasteiger partial charge in [-0.1, -0.05) is 60.1 Å². The molecule has 1 amide bonds. The third-order valence-corrected chi connectivity index (χ3v) is 6.68. The maximum atomic E-state index is 12.5. The van der Waals surface area contributed by atoms with E-state index in [4.69, 9.17) is 11.6 Å². The summed E-state index contributed by atoms with van der Waals surface area (Å²) in [5.74, 6) is -0.0428. The molecule has 1 fully saturated rings. The maximum Gasteiger partial charge on any atom is 0.251 e. The summed E-state index contributed by atoms with van der Waals surface area (Å²) in [6, 6.07) is 24.9. The molecule has 0 spiro atoms. The van der Waals surface area contributed by atoms with E-state index in [0.717, 1.165) is 37.2 Å². The van der Waals surface area contributed by atoms with E-state index < -0.39 is 0 Å². The maximum absolute atomic E-state index is 12.5. The minimum absolute atomic E-state index is 0.0428. The van der Waals surface area contributed by atoms with Gasteiger partial charge in [0.05, 0.1) is 0 Å². The molecule has 4 nitrogen and oxygen atoms in total. The first-order valence-corrected chi connectivity index (χ1v) is 12.0. The van der Waals surface area contributed by atoms with Crippen LogP contribution in [0.2, 0.25) is 5.02 Å². The highest BCUT2D eigenvalue weighted by Crippen LogP contribution is 2.22. The number of likely N-dealkylation sites (N-methyl/N-ethyl adjacent to an activating group) is 1. The number of carbonyl (C=O) groups excluding carboxylic acids is 1. The Labute approximate surface area is 202 Å². The smallest absolute Gasteiger partial charge is 0.251 e. The van der Waals surface area contributed by atoms with Gasteiger partial charge in [-0.25, -0.2) is 0 Å². The molecular formula is C28H32ClN3O. The highest BCUT2D eigenvalue weighted by Gasteiger charge is 2.23. The molecule has 1 unspecified atom stereocenters. The lowest BCUT2D eigenvalue weighted by Gasteiger charge is -2.20. The van der Waals surface area contributed by atoms with Crippen LogP contribution >= 0.6 is 11.6 Å². The summed E-state index contributed by atoms with van der Waals surface area (Å²) in [7, 11) is 4.33. The van der Waals surface area contributed by atoms with Gasteiger partial charge in [-0.2, -0.15) is 0 Å². The largest absolute Gasteiger partial charge is 0.352 e. The highest BCUT2D eigenvalue weighted by atomic mass is 35.5. The van der Waals surface area contributed by atoms with Crippen LogP contribution in [0, 0.1) is 0 Å². The van der Waals surface area contributed by atoms with Gasteiger partial charge < -0.3 is 10.2 Å². The number of benzene rings is 3. The number of nitrogens with one attached hydrogen (secondary N) is 1. The standard InChI is InChI=1S/C28H32ClN3O/c1-31(2)27-16-18-32(20-27)19-22-5-3-21(4-6-22)15-17-30-28(33)25-9-7-23(8-10-25)24-11-13-26(29)14-12-24/h3-14,27H,15-20H2,1-2H3,(H,30,33). The molecule has 0 aliphatic carbocycles. The summed E-state index contributed by atoms with van der Waals surface area (Å²) in [6.45, 7) is 3.93. The van der Waals surface area contributed by atoms with Crippen LogP contribution in [0.1, 0.15) is 27.9 Å². The van der Waals surface area contributed by atoms with Crippen LogP contribution in [-0.4, -0.2) is 55.5 Å². The number of halogens is 1. The summed E-state index contributed by atoms with van der Waals surface area (Å²) in [6.07, 6.45) is 2.07. The van der Waals surface area contributed by atoms with Crippen LogP contribution < -0.4 is 5.32 Å². The van der Waals surface area contributed by atoms with Crippen molar-refractivity contribution in [3.63, 3.8) is 0 Å². The highest BCUT2D eigenvalue weighted by molar-refractivity contribution is 6.30. The summed E-state index contributed by atoms with van der Waals surface area (Å²) >= 11 is 5.96. The van der Waals surface area contributed by atoms with Crippen LogP contribution in [0.4, 0.5) is 0 Å². The molecule has 1 heterocycles. The van der Waals surface area contributed by atoms with Crippen molar-refractivity contribution in [1.82, 2.24) is 15.1 Å². The fourth-order valence-electron chi connectivity index (χ4n) is 4.33. The van der Waals surface area contributed by atoms with Crippen molar-refractivity contribution in [2.45, 2.75) is 25.4 Å². The van der Waals surface area contributed by atoms with Crippen molar-refractivity contribution in [1.29, 1.82) is 0 Å². The number of hydrogen-bond donors (Lipinski definition) is 1. The van der Waals surface area contributed by atoms with Crippen molar-refractivity contribution in [3.8, 4) is 11.1 Å². The van der Waals surface area contributed by atoms with Gasteiger partial charge in [0.1, 0.15) is 0 Å². The van der Waals surface area contributed by atoms with Gasteiger partial charge in [-0.15, -0.1) is 0 Å². The van der Waals surface area contributed by atoms with Crippen molar-refractivity contribution >= 4 is 17.5 Å². The molecule has 4 rings (SSSR count). The average molecular weight is 462 g/mol. The first kappa shape index (κ1) is 23.5. The lowest BCUT2D eigenvalue weighted by molar-refractivity contribution is 0.0954. The first-order chi connectivity index (χ1) is 16.0. The fourth-order valence-corrected chi connectivity index (χ4v) is 4.45. The van der Waals surface area contributed by atoms with Crippen LogP contribution in [-0.2, 0) is 13.0 Å². The molecule has 3 aromatic carbocycles.